The highest BCUT2D eigenvalue weighted by Gasteiger charge is 2.31. The van der Waals surface area contributed by atoms with Crippen LogP contribution in [0.5, 0.6) is 0 Å². The summed E-state index contributed by atoms with van der Waals surface area (Å²) in [6, 6.07) is 4.89. The molecule has 0 bridgehead atoms. The maximum atomic E-state index is 12.8. The van der Waals surface area contributed by atoms with Crippen molar-refractivity contribution in [2.75, 3.05) is 6.54 Å². The quantitative estimate of drug-likeness (QED) is 0.795. The number of carbonyl (C=O) groups excluding carboxylic acids is 1. The first-order chi connectivity index (χ1) is 10.6. The first kappa shape index (κ1) is 15.0. The second kappa shape index (κ2) is 6.44. The van der Waals surface area contributed by atoms with Crippen molar-refractivity contribution in [3.8, 4) is 0 Å². The molecule has 0 spiro atoms. The van der Waals surface area contributed by atoms with E-state index >= 15 is 0 Å². The van der Waals surface area contributed by atoms with Gasteiger partial charge in [-0.05, 0) is 25.0 Å². The Morgan fingerprint density at radius 2 is 2.18 bits per heavy atom. The largest absolute Gasteiger partial charge is 0.340 e. The minimum atomic E-state index is -0.173. The van der Waals surface area contributed by atoms with E-state index in [-0.39, 0.29) is 11.9 Å². The van der Waals surface area contributed by atoms with Gasteiger partial charge in [0.05, 0.1) is 6.04 Å². The topological polar surface area (TPSA) is 72.1 Å². The molecule has 116 valence electrons. The summed E-state index contributed by atoms with van der Waals surface area (Å²) in [5, 5.41) is 4.31. The Morgan fingerprint density at radius 1 is 1.32 bits per heavy atom. The second-order valence-electron chi connectivity index (χ2n) is 5.38. The number of nitrogens with zero attached hydrogens (tertiary/aromatic N) is 4. The summed E-state index contributed by atoms with van der Waals surface area (Å²) in [5.41, 5.74) is 0.347. The van der Waals surface area contributed by atoms with Crippen molar-refractivity contribution in [2.24, 2.45) is 0 Å². The van der Waals surface area contributed by atoms with E-state index in [4.69, 9.17) is 16.1 Å². The first-order valence-corrected chi connectivity index (χ1v) is 7.76. The van der Waals surface area contributed by atoms with Crippen LogP contribution in [0.3, 0.4) is 0 Å². The monoisotopic (exact) mass is 320 g/mol. The number of carbonyl (C=O) groups is 1. The first-order valence-electron chi connectivity index (χ1n) is 7.39. The van der Waals surface area contributed by atoms with Crippen molar-refractivity contribution in [3.63, 3.8) is 0 Å². The van der Waals surface area contributed by atoms with E-state index < -0.39 is 0 Å². The number of pyridine rings is 1. The van der Waals surface area contributed by atoms with Crippen LogP contribution in [0.4, 0.5) is 0 Å². The summed E-state index contributed by atoms with van der Waals surface area (Å²) in [6.07, 6.45) is 3.90. The summed E-state index contributed by atoms with van der Waals surface area (Å²) < 4.78 is 5.08. The normalized spacial score (nSPS) is 19.0. The molecule has 1 aliphatic heterocycles. The van der Waals surface area contributed by atoms with Gasteiger partial charge in [0, 0.05) is 13.5 Å². The zero-order chi connectivity index (χ0) is 15.5. The highest BCUT2D eigenvalue weighted by molar-refractivity contribution is 6.29. The SMILES string of the molecule is Cc1nc([C@H]2CCCCCN2C(=O)c2cccc(Cl)n2)no1. The number of halogens is 1. The van der Waals surface area contributed by atoms with E-state index in [2.05, 4.69) is 15.1 Å². The van der Waals surface area contributed by atoms with Crippen LogP contribution in [0.15, 0.2) is 22.7 Å². The summed E-state index contributed by atoms with van der Waals surface area (Å²) in [5.74, 6) is 0.930. The van der Waals surface area contributed by atoms with Crippen LogP contribution >= 0.6 is 11.6 Å². The minimum Gasteiger partial charge on any atom is -0.340 e. The third-order valence-corrected chi connectivity index (χ3v) is 4.00. The van der Waals surface area contributed by atoms with Crippen LogP contribution < -0.4 is 0 Å². The lowest BCUT2D eigenvalue weighted by Gasteiger charge is -2.27. The van der Waals surface area contributed by atoms with Gasteiger partial charge in [-0.1, -0.05) is 35.7 Å². The molecule has 7 heteroatoms. The maximum absolute atomic E-state index is 12.8. The van der Waals surface area contributed by atoms with E-state index in [1.54, 1.807) is 30.0 Å². The predicted octanol–water partition coefficient (Wildman–Crippen LogP) is 3.18. The number of amides is 1. The molecule has 2 aromatic rings. The van der Waals surface area contributed by atoms with Crippen molar-refractivity contribution in [3.05, 3.63) is 40.8 Å². The second-order valence-corrected chi connectivity index (χ2v) is 5.77. The Morgan fingerprint density at radius 3 is 2.91 bits per heavy atom. The molecule has 2 aromatic heterocycles. The van der Waals surface area contributed by atoms with Crippen molar-refractivity contribution >= 4 is 17.5 Å². The van der Waals surface area contributed by atoms with Crippen LogP contribution in [0.2, 0.25) is 5.15 Å². The van der Waals surface area contributed by atoms with E-state index in [9.17, 15) is 4.79 Å². The van der Waals surface area contributed by atoms with Crippen LogP contribution in [0.1, 0.15) is 53.9 Å². The molecule has 22 heavy (non-hydrogen) atoms. The number of aromatic nitrogens is 3. The summed E-state index contributed by atoms with van der Waals surface area (Å²) >= 11 is 5.90. The van der Waals surface area contributed by atoms with Crippen LogP contribution in [0, 0.1) is 6.92 Å². The number of rotatable bonds is 2. The van der Waals surface area contributed by atoms with Crippen LogP contribution in [0.25, 0.3) is 0 Å². The van der Waals surface area contributed by atoms with Crippen molar-refractivity contribution < 1.29 is 9.32 Å². The zero-order valence-electron chi connectivity index (χ0n) is 12.3. The Hall–Kier alpha value is -1.95. The van der Waals surface area contributed by atoms with Gasteiger partial charge in [-0.3, -0.25) is 4.79 Å². The van der Waals surface area contributed by atoms with Gasteiger partial charge in [-0.25, -0.2) is 4.98 Å². The highest BCUT2D eigenvalue weighted by Crippen LogP contribution is 2.29. The van der Waals surface area contributed by atoms with Crippen molar-refractivity contribution in [1.29, 1.82) is 0 Å². The summed E-state index contributed by atoms with van der Waals surface area (Å²) in [6.45, 7) is 2.41. The third kappa shape index (κ3) is 3.11. The molecule has 1 saturated heterocycles. The summed E-state index contributed by atoms with van der Waals surface area (Å²) in [4.78, 5) is 23.0. The fourth-order valence-electron chi connectivity index (χ4n) is 2.74. The average molecular weight is 321 g/mol. The van der Waals surface area contributed by atoms with Crippen LogP contribution in [-0.4, -0.2) is 32.5 Å². The van der Waals surface area contributed by atoms with Crippen LogP contribution in [-0.2, 0) is 0 Å². The molecule has 1 atom stereocenters. The standard InChI is InChI=1S/C15H17ClN4O2/c1-10-17-14(19-22-10)12-7-3-2-4-9-20(12)15(21)11-6-5-8-13(16)18-11/h5-6,8,12H,2-4,7,9H2,1H3/t12-/m1/s1. The number of aryl methyl sites for hydroxylation is 1. The molecule has 0 unspecified atom stereocenters. The molecule has 1 aliphatic rings. The molecular formula is C15H17ClN4O2. The molecule has 6 nitrogen and oxygen atoms in total. The molecular weight excluding hydrogens is 304 g/mol. The molecule has 0 radical (unpaired) electrons. The Balaban J connectivity index is 1.91. The lowest BCUT2D eigenvalue weighted by Crippen LogP contribution is -2.35. The molecule has 3 rings (SSSR count). The van der Waals surface area contributed by atoms with Gasteiger partial charge < -0.3 is 9.42 Å². The highest BCUT2D eigenvalue weighted by atomic mass is 35.5. The molecule has 0 aromatic carbocycles. The molecule has 0 N–H and O–H groups in total. The van der Waals surface area contributed by atoms with Gasteiger partial charge in [0.1, 0.15) is 10.8 Å². The Kier molecular flexibility index (Phi) is 4.38. The van der Waals surface area contributed by atoms with Gasteiger partial charge in [-0.15, -0.1) is 0 Å². The molecule has 3 heterocycles. The minimum absolute atomic E-state index is 0.142. The number of hydrogen-bond acceptors (Lipinski definition) is 5. The zero-order valence-corrected chi connectivity index (χ0v) is 13.1. The predicted molar refractivity (Wildman–Crippen MR) is 80.5 cm³/mol. The van der Waals surface area contributed by atoms with Gasteiger partial charge >= 0.3 is 0 Å². The van der Waals surface area contributed by atoms with Crippen molar-refractivity contribution in [2.45, 2.75) is 38.6 Å². The molecule has 0 aliphatic carbocycles. The fourth-order valence-corrected chi connectivity index (χ4v) is 2.91. The molecule has 1 fully saturated rings. The van der Waals surface area contributed by atoms with Gasteiger partial charge in [0.2, 0.25) is 5.89 Å². The molecule has 0 saturated carbocycles. The number of likely N-dealkylation sites (tertiary alicyclic amines) is 1. The average Bonchev–Trinajstić information content (AvgIpc) is 2.80. The van der Waals surface area contributed by atoms with Gasteiger partial charge in [0.15, 0.2) is 5.82 Å². The third-order valence-electron chi connectivity index (χ3n) is 3.79. The van der Waals surface area contributed by atoms with E-state index in [1.807, 2.05) is 0 Å². The van der Waals surface area contributed by atoms with E-state index in [0.29, 0.717) is 29.1 Å². The molecule has 1 amide bonds. The fraction of sp³-hybridized carbons (Fsp3) is 0.467. The Bertz CT molecular complexity index is 673. The number of hydrogen-bond donors (Lipinski definition) is 0. The Labute approximate surface area is 133 Å². The smallest absolute Gasteiger partial charge is 0.273 e. The van der Waals surface area contributed by atoms with Crippen molar-refractivity contribution in [1.82, 2.24) is 20.0 Å². The lowest BCUT2D eigenvalue weighted by molar-refractivity contribution is 0.0664. The summed E-state index contributed by atoms with van der Waals surface area (Å²) in [7, 11) is 0. The van der Waals surface area contributed by atoms with E-state index in [0.717, 1.165) is 25.7 Å². The van der Waals surface area contributed by atoms with Gasteiger partial charge in [-0.2, -0.15) is 4.98 Å². The van der Waals surface area contributed by atoms with E-state index in [1.165, 1.54) is 0 Å². The van der Waals surface area contributed by atoms with Gasteiger partial charge in [0.25, 0.3) is 5.91 Å². The maximum Gasteiger partial charge on any atom is 0.273 e. The lowest BCUT2D eigenvalue weighted by atomic mass is 10.1.